The average molecular weight is 246 g/mol. The van der Waals surface area contributed by atoms with Crippen LogP contribution in [0.4, 0.5) is 4.39 Å². The fraction of sp³-hybridized carbons (Fsp3) is 0.400. The fourth-order valence-electron chi connectivity index (χ4n) is 1.24. The summed E-state index contributed by atoms with van der Waals surface area (Å²) in [5, 5.41) is 0. The third-order valence-electron chi connectivity index (χ3n) is 2.11. The van der Waals surface area contributed by atoms with Crippen LogP contribution in [0.3, 0.4) is 0 Å². The topological polar surface area (TPSA) is 26.0 Å². The minimum Gasteiger partial charge on any atom is -0.330 e. The van der Waals surface area contributed by atoms with E-state index in [1.54, 1.807) is 12.1 Å². The first-order valence-corrected chi connectivity index (χ1v) is 5.09. The van der Waals surface area contributed by atoms with Gasteiger partial charge in [0.05, 0.1) is 4.47 Å². The Bertz CT molecular complexity index is 288. The molecule has 0 aliphatic carbocycles. The van der Waals surface area contributed by atoms with Gasteiger partial charge in [0.15, 0.2) is 0 Å². The van der Waals surface area contributed by atoms with Crippen molar-refractivity contribution in [1.29, 1.82) is 0 Å². The zero-order chi connectivity index (χ0) is 9.84. The van der Waals surface area contributed by atoms with Crippen molar-refractivity contribution in [2.45, 2.75) is 19.3 Å². The highest BCUT2D eigenvalue weighted by molar-refractivity contribution is 9.10. The van der Waals surface area contributed by atoms with Crippen molar-refractivity contribution >= 4 is 15.9 Å². The Kier molecular flexibility index (Phi) is 3.88. The van der Waals surface area contributed by atoms with Gasteiger partial charge in [-0.1, -0.05) is 13.0 Å². The Morgan fingerprint density at radius 3 is 2.77 bits per heavy atom. The first-order chi connectivity index (χ1) is 6.15. The summed E-state index contributed by atoms with van der Waals surface area (Å²) in [4.78, 5) is 0. The smallest absolute Gasteiger partial charge is 0.137 e. The number of nitrogens with two attached hydrogens (primary N) is 1. The van der Waals surface area contributed by atoms with Crippen LogP contribution in [0, 0.1) is 5.82 Å². The second-order valence-corrected chi connectivity index (χ2v) is 4.01. The summed E-state index contributed by atoms with van der Waals surface area (Å²) in [6.07, 6.45) is 0.890. The van der Waals surface area contributed by atoms with Gasteiger partial charge >= 0.3 is 0 Å². The van der Waals surface area contributed by atoms with E-state index in [9.17, 15) is 4.39 Å². The van der Waals surface area contributed by atoms with Gasteiger partial charge in [-0.2, -0.15) is 0 Å². The molecular weight excluding hydrogens is 233 g/mol. The molecule has 0 radical (unpaired) electrons. The van der Waals surface area contributed by atoms with E-state index in [-0.39, 0.29) is 5.82 Å². The summed E-state index contributed by atoms with van der Waals surface area (Å²) in [7, 11) is 0. The van der Waals surface area contributed by atoms with Crippen molar-refractivity contribution in [1.82, 2.24) is 0 Å². The predicted octanol–water partition coefficient (Wildman–Crippen LogP) is 3.04. The van der Waals surface area contributed by atoms with Crippen LogP contribution in [-0.2, 0) is 0 Å². The number of halogens is 2. The summed E-state index contributed by atoms with van der Waals surface area (Å²) < 4.78 is 13.6. The van der Waals surface area contributed by atoms with Crippen molar-refractivity contribution in [2.75, 3.05) is 6.54 Å². The molecule has 1 nitrogen and oxygen atoms in total. The Balaban J connectivity index is 2.84. The summed E-state index contributed by atoms with van der Waals surface area (Å²) in [5.41, 5.74) is 6.44. The fourth-order valence-corrected chi connectivity index (χ4v) is 1.48. The Morgan fingerprint density at radius 1 is 1.54 bits per heavy atom. The zero-order valence-electron chi connectivity index (χ0n) is 7.56. The molecule has 0 fully saturated rings. The summed E-state index contributed by atoms with van der Waals surface area (Å²) in [5.74, 6) is 0.119. The monoisotopic (exact) mass is 245 g/mol. The lowest BCUT2D eigenvalue weighted by atomic mass is 9.98. The largest absolute Gasteiger partial charge is 0.330 e. The minimum absolute atomic E-state index is 0.207. The van der Waals surface area contributed by atoms with Crippen LogP contribution in [0.15, 0.2) is 22.7 Å². The van der Waals surface area contributed by atoms with E-state index >= 15 is 0 Å². The van der Waals surface area contributed by atoms with Gasteiger partial charge in [-0.15, -0.1) is 0 Å². The van der Waals surface area contributed by atoms with Gasteiger partial charge in [-0.25, -0.2) is 4.39 Å². The van der Waals surface area contributed by atoms with Crippen LogP contribution >= 0.6 is 15.9 Å². The molecule has 0 aliphatic heterocycles. The van der Waals surface area contributed by atoms with Crippen LogP contribution in [0.25, 0.3) is 0 Å². The first-order valence-electron chi connectivity index (χ1n) is 4.30. The second-order valence-electron chi connectivity index (χ2n) is 3.15. The number of rotatable bonds is 3. The van der Waals surface area contributed by atoms with Crippen molar-refractivity contribution < 1.29 is 4.39 Å². The third-order valence-corrected chi connectivity index (χ3v) is 2.76. The van der Waals surface area contributed by atoms with E-state index in [2.05, 4.69) is 22.9 Å². The molecule has 1 unspecified atom stereocenters. The summed E-state index contributed by atoms with van der Waals surface area (Å²) >= 11 is 3.12. The number of benzene rings is 1. The first kappa shape index (κ1) is 10.7. The molecular formula is C10H13BrFN. The van der Waals surface area contributed by atoms with Crippen molar-refractivity contribution in [3.8, 4) is 0 Å². The highest BCUT2D eigenvalue weighted by atomic mass is 79.9. The van der Waals surface area contributed by atoms with Gasteiger partial charge < -0.3 is 5.73 Å². The zero-order valence-corrected chi connectivity index (χ0v) is 9.14. The van der Waals surface area contributed by atoms with Gasteiger partial charge in [0, 0.05) is 0 Å². The van der Waals surface area contributed by atoms with E-state index in [0.29, 0.717) is 16.9 Å². The maximum Gasteiger partial charge on any atom is 0.137 e. The predicted molar refractivity (Wildman–Crippen MR) is 56.2 cm³/mol. The SMILES string of the molecule is CC(CCN)c1ccc(Br)c(F)c1. The van der Waals surface area contributed by atoms with Gasteiger partial charge in [0.25, 0.3) is 0 Å². The molecule has 3 heteroatoms. The van der Waals surface area contributed by atoms with Crippen molar-refractivity contribution in [3.63, 3.8) is 0 Å². The van der Waals surface area contributed by atoms with E-state index < -0.39 is 0 Å². The molecule has 2 N–H and O–H groups in total. The van der Waals surface area contributed by atoms with E-state index in [4.69, 9.17) is 5.73 Å². The molecule has 0 spiro atoms. The second kappa shape index (κ2) is 4.72. The van der Waals surface area contributed by atoms with Gasteiger partial charge in [0.2, 0.25) is 0 Å². The molecule has 1 rings (SSSR count). The Labute approximate surface area is 86.3 Å². The molecule has 0 aromatic heterocycles. The van der Waals surface area contributed by atoms with E-state index in [1.165, 1.54) is 0 Å². The molecule has 13 heavy (non-hydrogen) atoms. The quantitative estimate of drug-likeness (QED) is 0.871. The summed E-state index contributed by atoms with van der Waals surface area (Å²) in [6, 6.07) is 5.22. The molecule has 0 amide bonds. The van der Waals surface area contributed by atoms with Crippen molar-refractivity contribution in [2.24, 2.45) is 5.73 Å². The molecule has 0 heterocycles. The molecule has 0 bridgehead atoms. The van der Waals surface area contributed by atoms with Gasteiger partial charge in [-0.05, 0) is 52.5 Å². The Morgan fingerprint density at radius 2 is 2.23 bits per heavy atom. The molecule has 0 saturated heterocycles. The van der Waals surface area contributed by atoms with Gasteiger partial charge in [0.1, 0.15) is 5.82 Å². The highest BCUT2D eigenvalue weighted by Gasteiger charge is 2.06. The molecule has 0 saturated carbocycles. The van der Waals surface area contributed by atoms with Crippen LogP contribution in [0.2, 0.25) is 0 Å². The lowest BCUT2D eigenvalue weighted by molar-refractivity contribution is 0.610. The van der Waals surface area contributed by atoms with Crippen LogP contribution in [0.5, 0.6) is 0 Å². The van der Waals surface area contributed by atoms with Crippen molar-refractivity contribution in [3.05, 3.63) is 34.1 Å². The normalized spacial score (nSPS) is 12.9. The minimum atomic E-state index is -0.207. The standard InChI is InChI=1S/C10H13BrFN/c1-7(4-5-13)8-2-3-9(11)10(12)6-8/h2-3,6-7H,4-5,13H2,1H3. The molecule has 1 aromatic carbocycles. The number of hydrogen-bond donors (Lipinski definition) is 1. The highest BCUT2D eigenvalue weighted by Crippen LogP contribution is 2.23. The third kappa shape index (κ3) is 2.78. The lowest BCUT2D eigenvalue weighted by Gasteiger charge is -2.10. The van der Waals surface area contributed by atoms with Gasteiger partial charge in [-0.3, -0.25) is 0 Å². The molecule has 1 aromatic rings. The Hall–Kier alpha value is -0.410. The van der Waals surface area contributed by atoms with Crippen LogP contribution in [0.1, 0.15) is 24.8 Å². The van der Waals surface area contributed by atoms with Crippen LogP contribution < -0.4 is 5.73 Å². The molecule has 0 aliphatic rings. The van der Waals surface area contributed by atoms with E-state index in [1.807, 2.05) is 6.07 Å². The van der Waals surface area contributed by atoms with E-state index in [0.717, 1.165) is 12.0 Å². The summed E-state index contributed by atoms with van der Waals surface area (Å²) in [6.45, 7) is 2.69. The number of hydrogen-bond acceptors (Lipinski definition) is 1. The maximum absolute atomic E-state index is 13.1. The molecule has 1 atom stereocenters. The maximum atomic E-state index is 13.1. The average Bonchev–Trinajstić information content (AvgIpc) is 2.10. The molecule has 72 valence electrons. The van der Waals surface area contributed by atoms with Crippen LogP contribution in [-0.4, -0.2) is 6.54 Å². The lowest BCUT2D eigenvalue weighted by Crippen LogP contribution is -2.04.